The highest BCUT2D eigenvalue weighted by atomic mass is 32.2. The van der Waals surface area contributed by atoms with Gasteiger partial charge in [-0.2, -0.15) is 13.1 Å². The summed E-state index contributed by atoms with van der Waals surface area (Å²) in [6, 6.07) is 8.11. The van der Waals surface area contributed by atoms with Crippen molar-refractivity contribution in [1.29, 1.82) is 0 Å². The monoisotopic (exact) mass is 517 g/mol. The maximum atomic E-state index is 12.2. The van der Waals surface area contributed by atoms with Crippen LogP contribution in [-0.2, 0) is 30.7 Å². The number of carbonyl (C=O) groups excluding carboxylic acids is 2. The number of hydrogen-bond donors (Lipinski definition) is 3. The van der Waals surface area contributed by atoms with Gasteiger partial charge >= 0.3 is 22.4 Å². The second-order valence-corrected chi connectivity index (χ2v) is 16.7. The summed E-state index contributed by atoms with van der Waals surface area (Å²) >= 11 is 0. The lowest BCUT2D eigenvalue weighted by Crippen LogP contribution is -2.49. The molecule has 0 saturated carbocycles. The number of hydrogen-bond acceptors (Lipinski definition) is 7. The third-order valence-electron chi connectivity index (χ3n) is 5.11. The van der Waals surface area contributed by atoms with E-state index in [-0.39, 0.29) is 24.8 Å². The summed E-state index contributed by atoms with van der Waals surface area (Å²) in [7, 11) is -6.30. The van der Waals surface area contributed by atoms with Gasteiger partial charge in [-0.25, -0.2) is 14.3 Å². The molecule has 0 fully saturated rings. The van der Waals surface area contributed by atoms with E-state index in [0.717, 1.165) is 5.56 Å². The Morgan fingerprint density at radius 3 is 2.09 bits per heavy atom. The van der Waals surface area contributed by atoms with E-state index in [1.807, 2.05) is 6.07 Å². The number of carbonyl (C=O) groups is 2. The third kappa shape index (κ3) is 11.8. The van der Waals surface area contributed by atoms with Gasteiger partial charge in [0.15, 0.2) is 8.32 Å². The lowest BCUT2D eigenvalue weighted by Gasteiger charge is -2.37. The van der Waals surface area contributed by atoms with E-state index >= 15 is 0 Å². The predicted molar refractivity (Wildman–Crippen MR) is 133 cm³/mol. The summed E-state index contributed by atoms with van der Waals surface area (Å²) in [5, 5.41) is 2.56. The maximum absolute atomic E-state index is 12.2. The Kier molecular flexibility index (Phi) is 10.5. The number of alkyl carbamates (subject to hydrolysis) is 1. The summed E-state index contributed by atoms with van der Waals surface area (Å²) in [5.74, 6) is 0. The first-order chi connectivity index (χ1) is 15.4. The molecule has 1 rings (SSSR count). The molecule has 1 aromatic rings. The van der Waals surface area contributed by atoms with Crippen LogP contribution in [0.25, 0.3) is 0 Å². The van der Waals surface area contributed by atoms with Crippen LogP contribution in [0, 0.1) is 0 Å². The lowest BCUT2D eigenvalue weighted by molar-refractivity contribution is 0.0440. The predicted octanol–water partition coefficient (Wildman–Crippen LogP) is 3.66. The highest BCUT2D eigenvalue weighted by Crippen LogP contribution is 2.36. The van der Waals surface area contributed by atoms with Gasteiger partial charge in [0.05, 0.1) is 12.6 Å². The number of amides is 2. The summed E-state index contributed by atoms with van der Waals surface area (Å²) in [6.45, 7) is 15.3. The van der Waals surface area contributed by atoms with Crippen LogP contribution >= 0.6 is 0 Å². The first-order valence-electron chi connectivity index (χ1n) is 11.0. The number of benzene rings is 1. The molecule has 0 aliphatic heterocycles. The van der Waals surface area contributed by atoms with Crippen molar-refractivity contribution in [2.45, 2.75) is 77.9 Å². The average Bonchev–Trinajstić information content (AvgIpc) is 2.67. The van der Waals surface area contributed by atoms with Gasteiger partial charge in [-0.1, -0.05) is 51.1 Å². The Labute approximate surface area is 204 Å². The Morgan fingerprint density at radius 1 is 0.971 bits per heavy atom. The average molecular weight is 518 g/mol. The summed E-state index contributed by atoms with van der Waals surface area (Å²) in [6.07, 6.45) is -1.87. The zero-order chi connectivity index (χ0) is 26.2. The van der Waals surface area contributed by atoms with Crippen molar-refractivity contribution in [3.05, 3.63) is 35.9 Å². The molecular weight excluding hydrogens is 478 g/mol. The summed E-state index contributed by atoms with van der Waals surface area (Å²) in [5.41, 5.74) is 0.0108. The number of rotatable bonds is 10. The molecule has 0 aliphatic rings. The van der Waals surface area contributed by atoms with Crippen LogP contribution in [0.15, 0.2) is 30.3 Å². The lowest BCUT2D eigenvalue weighted by atomic mass is 10.2. The van der Waals surface area contributed by atoms with Crippen LogP contribution in [0.4, 0.5) is 9.59 Å². The molecule has 0 heterocycles. The van der Waals surface area contributed by atoms with E-state index in [0.29, 0.717) is 0 Å². The molecule has 0 aliphatic carbocycles. The Bertz CT molecular complexity index is 911. The fourth-order valence-electron chi connectivity index (χ4n) is 2.26. The van der Waals surface area contributed by atoms with E-state index in [2.05, 4.69) is 43.9 Å². The normalized spacial score (nSPS) is 13.6. The van der Waals surface area contributed by atoms with Crippen molar-refractivity contribution in [1.82, 2.24) is 14.8 Å². The molecule has 1 atom stereocenters. The van der Waals surface area contributed by atoms with Gasteiger partial charge in [-0.15, -0.1) is 0 Å². The van der Waals surface area contributed by atoms with E-state index in [1.54, 1.807) is 49.8 Å². The van der Waals surface area contributed by atoms with Crippen LogP contribution in [-0.4, -0.2) is 53.8 Å². The van der Waals surface area contributed by atoms with Crippen LogP contribution in [0.2, 0.25) is 18.1 Å². The van der Waals surface area contributed by atoms with Crippen molar-refractivity contribution in [2.75, 3.05) is 13.2 Å². The number of nitrogens with one attached hydrogen (secondary N) is 3. The van der Waals surface area contributed by atoms with Gasteiger partial charge in [0, 0.05) is 6.54 Å². The summed E-state index contributed by atoms with van der Waals surface area (Å²) < 4.78 is 44.8. The van der Waals surface area contributed by atoms with Gasteiger partial charge < -0.3 is 19.2 Å². The largest absolute Gasteiger partial charge is 0.447 e. The smallest absolute Gasteiger partial charge is 0.421 e. The minimum Gasteiger partial charge on any atom is -0.447 e. The van der Waals surface area contributed by atoms with Crippen molar-refractivity contribution in [2.24, 2.45) is 0 Å². The molecule has 194 valence electrons. The van der Waals surface area contributed by atoms with Gasteiger partial charge in [0.2, 0.25) is 0 Å². The zero-order valence-corrected chi connectivity index (χ0v) is 23.2. The molecule has 0 radical (unpaired) electrons. The fourth-order valence-corrected chi connectivity index (χ4v) is 4.01. The van der Waals surface area contributed by atoms with Crippen molar-refractivity contribution < 1.29 is 31.9 Å². The molecule has 0 bridgehead atoms. The highest BCUT2D eigenvalue weighted by molar-refractivity contribution is 7.88. The van der Waals surface area contributed by atoms with Gasteiger partial charge in [-0.3, -0.25) is 0 Å². The van der Waals surface area contributed by atoms with Crippen LogP contribution < -0.4 is 14.8 Å². The van der Waals surface area contributed by atoms with Crippen LogP contribution in [0.3, 0.4) is 0 Å². The first-order valence-corrected chi connectivity index (χ1v) is 15.4. The molecule has 0 saturated heterocycles. The van der Waals surface area contributed by atoms with E-state index in [4.69, 9.17) is 13.9 Å². The van der Waals surface area contributed by atoms with Crippen LogP contribution in [0.5, 0.6) is 0 Å². The highest BCUT2D eigenvalue weighted by Gasteiger charge is 2.38. The van der Waals surface area contributed by atoms with E-state index in [9.17, 15) is 18.0 Å². The molecule has 1 aromatic carbocycles. The van der Waals surface area contributed by atoms with Gasteiger partial charge in [0.1, 0.15) is 12.2 Å². The third-order valence-corrected chi connectivity index (χ3v) is 10.6. The molecule has 12 heteroatoms. The van der Waals surface area contributed by atoms with Gasteiger partial charge in [0.25, 0.3) is 0 Å². The van der Waals surface area contributed by atoms with Crippen LogP contribution in [0.1, 0.15) is 47.1 Å². The van der Waals surface area contributed by atoms with E-state index in [1.165, 1.54) is 0 Å². The first kappa shape index (κ1) is 29.9. The molecule has 0 aromatic heterocycles. The van der Waals surface area contributed by atoms with Crippen molar-refractivity contribution in [3.8, 4) is 0 Å². The fraction of sp³-hybridized carbons (Fsp3) is 0.636. The minimum atomic E-state index is -4.14. The molecule has 0 unspecified atom stereocenters. The Morgan fingerprint density at radius 2 is 1.56 bits per heavy atom. The second kappa shape index (κ2) is 12.0. The van der Waals surface area contributed by atoms with Crippen molar-refractivity contribution in [3.63, 3.8) is 0 Å². The number of ether oxygens (including phenoxy) is 2. The zero-order valence-electron chi connectivity index (χ0n) is 21.4. The Balaban J connectivity index is 2.71. The van der Waals surface area contributed by atoms with Gasteiger partial charge in [-0.05, 0) is 44.5 Å². The molecule has 10 nitrogen and oxygen atoms in total. The minimum absolute atomic E-state index is 0.00658. The van der Waals surface area contributed by atoms with E-state index < -0.39 is 42.4 Å². The quantitative estimate of drug-likeness (QED) is 0.404. The topological polar surface area (TPSA) is 132 Å². The SMILES string of the molecule is CC(C)(C)OC(=O)N[C@H](COC(=O)NS(=O)(=O)NCc1ccccc1)CO[Si](C)(C)C(C)(C)C. The molecule has 3 N–H and O–H groups in total. The molecule has 34 heavy (non-hydrogen) atoms. The standard InChI is InChI=1S/C22H39N3O7SSi/c1-21(2,3)32-19(26)24-18(16-31-34(7,8)22(4,5)6)15-30-20(27)25-33(28,29)23-14-17-12-10-9-11-13-17/h9-13,18,23H,14-16H2,1-8H3,(H,24,26)(H,25,27)/t18-/m1/s1. The summed E-state index contributed by atoms with van der Waals surface area (Å²) in [4.78, 5) is 24.4. The molecular formula is C22H39N3O7SSi. The maximum Gasteiger partial charge on any atom is 0.421 e. The molecule has 2 amide bonds. The molecule has 0 spiro atoms. The van der Waals surface area contributed by atoms with Crippen molar-refractivity contribution >= 4 is 30.7 Å². The second-order valence-electron chi connectivity index (χ2n) is 10.4. The Hall–Kier alpha value is -2.15.